The van der Waals surface area contributed by atoms with Crippen molar-refractivity contribution < 1.29 is 19.7 Å². The highest BCUT2D eigenvalue weighted by Gasteiger charge is 2.74. The van der Waals surface area contributed by atoms with E-state index in [4.69, 9.17) is 11.6 Å². The van der Waals surface area contributed by atoms with Gasteiger partial charge >= 0.3 is 0 Å². The first kappa shape index (κ1) is 18.4. The summed E-state index contributed by atoms with van der Waals surface area (Å²) >= 11 is 6.23. The minimum Gasteiger partial charge on any atom is -0.326 e. The summed E-state index contributed by atoms with van der Waals surface area (Å²) in [6.07, 6.45) is 0.689. The minimum atomic E-state index is -1.13. The van der Waals surface area contributed by atoms with Gasteiger partial charge in [-0.3, -0.25) is 19.3 Å². The lowest BCUT2D eigenvalue weighted by Gasteiger charge is -2.29. The number of amides is 3. The lowest BCUT2D eigenvalue weighted by Crippen LogP contribution is -2.99. The van der Waals surface area contributed by atoms with E-state index in [0.717, 1.165) is 0 Å². The Morgan fingerprint density at radius 2 is 1.93 bits per heavy atom. The van der Waals surface area contributed by atoms with Gasteiger partial charge in [0.25, 0.3) is 5.91 Å². The van der Waals surface area contributed by atoms with Gasteiger partial charge in [0.15, 0.2) is 0 Å². The van der Waals surface area contributed by atoms with E-state index >= 15 is 0 Å². The molecule has 0 aliphatic carbocycles. The van der Waals surface area contributed by atoms with Crippen LogP contribution in [-0.4, -0.2) is 34.7 Å². The molecule has 0 bridgehead atoms. The van der Waals surface area contributed by atoms with E-state index in [-0.39, 0.29) is 35.7 Å². The lowest BCUT2D eigenvalue weighted by molar-refractivity contribution is -0.738. The monoisotopic (exact) mass is 390 g/mol. The zero-order valence-electron chi connectivity index (χ0n) is 16.0. The van der Waals surface area contributed by atoms with Gasteiger partial charge in [-0.15, -0.1) is 0 Å². The number of halogens is 1. The summed E-state index contributed by atoms with van der Waals surface area (Å²) in [5, 5.41) is 5.38. The maximum atomic E-state index is 13.4. The summed E-state index contributed by atoms with van der Waals surface area (Å²) in [5.41, 5.74) is 0.255. The minimum absolute atomic E-state index is 0.140. The van der Waals surface area contributed by atoms with E-state index in [0.29, 0.717) is 22.7 Å². The summed E-state index contributed by atoms with van der Waals surface area (Å²) in [6, 6.07) is 4.93. The van der Waals surface area contributed by atoms with Crippen molar-refractivity contribution in [2.45, 2.75) is 51.7 Å². The van der Waals surface area contributed by atoms with Crippen LogP contribution in [0.25, 0.3) is 0 Å². The van der Waals surface area contributed by atoms with Crippen LogP contribution in [0, 0.1) is 17.8 Å². The highest BCUT2D eigenvalue weighted by Crippen LogP contribution is 2.50. The maximum absolute atomic E-state index is 13.4. The van der Waals surface area contributed by atoms with Crippen LogP contribution in [0.2, 0.25) is 5.02 Å². The molecule has 2 saturated heterocycles. The third kappa shape index (κ3) is 2.26. The van der Waals surface area contributed by atoms with Crippen molar-refractivity contribution >= 4 is 35.0 Å². The number of quaternary nitrogens is 1. The van der Waals surface area contributed by atoms with Crippen molar-refractivity contribution in [3.05, 3.63) is 28.8 Å². The zero-order chi connectivity index (χ0) is 19.7. The number of nitrogens with one attached hydrogen (secondary N) is 1. The summed E-state index contributed by atoms with van der Waals surface area (Å²) in [4.78, 5) is 41.3. The van der Waals surface area contributed by atoms with Crippen molar-refractivity contribution in [1.82, 2.24) is 4.90 Å². The molecule has 5 atom stereocenters. The van der Waals surface area contributed by atoms with Gasteiger partial charge in [-0.1, -0.05) is 32.4 Å². The molecule has 3 heterocycles. The number of likely N-dealkylation sites (tertiary alicyclic amines) is 1. The van der Waals surface area contributed by atoms with Crippen LogP contribution in [0.1, 0.15) is 39.7 Å². The van der Waals surface area contributed by atoms with Crippen LogP contribution in [0.5, 0.6) is 0 Å². The Hall–Kier alpha value is -1.92. The van der Waals surface area contributed by atoms with E-state index < -0.39 is 17.4 Å². The fourth-order valence-corrected chi connectivity index (χ4v) is 5.28. The summed E-state index contributed by atoms with van der Waals surface area (Å²) in [6.45, 7) is 7.91. The summed E-state index contributed by atoms with van der Waals surface area (Å²) < 4.78 is 0. The number of nitrogens with zero attached hydrogens (tertiary/aromatic N) is 1. The first-order valence-corrected chi connectivity index (χ1v) is 9.96. The van der Waals surface area contributed by atoms with Gasteiger partial charge in [0.2, 0.25) is 17.4 Å². The van der Waals surface area contributed by atoms with Gasteiger partial charge < -0.3 is 10.6 Å². The Bertz CT molecular complexity index is 855. The smallest absolute Gasteiger partial charge is 0.291 e. The van der Waals surface area contributed by atoms with E-state index in [2.05, 4.69) is 5.32 Å². The SMILES string of the molecule is CC[C@H](C)N1C(=O)[C@H]2[C@@H](C1=O)[C@]1([NH2+][C@H]2C(C)C)C(=O)Nc2ccc(Cl)cc21. The number of rotatable bonds is 3. The first-order valence-electron chi connectivity index (χ1n) is 9.58. The van der Waals surface area contributed by atoms with Gasteiger partial charge in [-0.25, -0.2) is 0 Å². The zero-order valence-corrected chi connectivity index (χ0v) is 16.7. The molecule has 144 valence electrons. The average molecular weight is 391 g/mol. The van der Waals surface area contributed by atoms with Crippen molar-refractivity contribution in [3.8, 4) is 0 Å². The number of nitrogens with two attached hydrogens (primary N) is 1. The molecule has 0 unspecified atom stereocenters. The van der Waals surface area contributed by atoms with E-state index in [1.807, 2.05) is 33.0 Å². The molecule has 3 aliphatic rings. The molecular formula is C20H25ClN3O3+. The normalized spacial score (nSPS) is 33.0. The maximum Gasteiger partial charge on any atom is 0.291 e. The fourth-order valence-electron chi connectivity index (χ4n) is 5.11. The summed E-state index contributed by atoms with van der Waals surface area (Å²) in [5.74, 6) is -1.67. The third-order valence-electron chi connectivity index (χ3n) is 6.60. The largest absolute Gasteiger partial charge is 0.326 e. The Kier molecular flexibility index (Phi) is 4.13. The predicted molar refractivity (Wildman–Crippen MR) is 101 cm³/mol. The molecule has 1 spiro atoms. The Morgan fingerprint density at radius 1 is 1.22 bits per heavy atom. The molecule has 3 amide bonds. The molecular weight excluding hydrogens is 366 g/mol. The second-order valence-electron chi connectivity index (χ2n) is 8.31. The molecule has 1 aromatic carbocycles. The molecule has 2 fully saturated rings. The lowest BCUT2D eigenvalue weighted by atomic mass is 9.76. The van der Waals surface area contributed by atoms with Gasteiger partial charge in [0.1, 0.15) is 17.9 Å². The third-order valence-corrected chi connectivity index (χ3v) is 6.83. The molecule has 0 radical (unpaired) electrons. The van der Waals surface area contributed by atoms with Gasteiger partial charge in [0, 0.05) is 22.5 Å². The highest BCUT2D eigenvalue weighted by molar-refractivity contribution is 6.31. The Morgan fingerprint density at radius 3 is 2.56 bits per heavy atom. The number of anilines is 1. The van der Waals surface area contributed by atoms with Gasteiger partial charge in [-0.2, -0.15) is 0 Å². The van der Waals surface area contributed by atoms with Crippen LogP contribution >= 0.6 is 11.6 Å². The number of fused-ring (bicyclic) bond motifs is 4. The van der Waals surface area contributed by atoms with Gasteiger partial charge in [-0.05, 0) is 31.5 Å². The molecule has 0 aromatic heterocycles. The van der Waals surface area contributed by atoms with Crippen molar-refractivity contribution in [2.24, 2.45) is 17.8 Å². The topological polar surface area (TPSA) is 83.1 Å². The molecule has 27 heavy (non-hydrogen) atoms. The quantitative estimate of drug-likeness (QED) is 0.767. The average Bonchev–Trinajstić information content (AvgIpc) is 3.20. The van der Waals surface area contributed by atoms with Crippen molar-refractivity contribution in [3.63, 3.8) is 0 Å². The molecule has 3 aliphatic heterocycles. The number of imide groups is 1. The highest BCUT2D eigenvalue weighted by atomic mass is 35.5. The standard InChI is InChI=1S/C20H24ClN3O3/c1-5-10(4)24-17(25)14-15(18(24)26)20(23-16(14)9(2)3)12-8-11(21)6-7-13(12)22-19(20)27/h6-10,14-16,23H,5H2,1-4H3,(H,22,27)/p+1/t10-,14-,15-,16-,20-/m0/s1. The number of carbonyl (C=O) groups excluding carboxylic acids is 3. The molecule has 7 heteroatoms. The van der Waals surface area contributed by atoms with Crippen LogP contribution in [0.4, 0.5) is 5.69 Å². The molecule has 6 nitrogen and oxygen atoms in total. The Labute approximate surface area is 163 Å². The van der Waals surface area contributed by atoms with E-state index in [9.17, 15) is 14.4 Å². The number of hydrogen-bond acceptors (Lipinski definition) is 3. The van der Waals surface area contributed by atoms with Crippen LogP contribution in [0.15, 0.2) is 18.2 Å². The van der Waals surface area contributed by atoms with Crippen molar-refractivity contribution in [1.29, 1.82) is 0 Å². The van der Waals surface area contributed by atoms with Gasteiger partial charge in [0.05, 0.1) is 5.69 Å². The fraction of sp³-hybridized carbons (Fsp3) is 0.550. The number of hydrogen-bond donors (Lipinski definition) is 2. The number of carbonyl (C=O) groups is 3. The van der Waals surface area contributed by atoms with Crippen LogP contribution in [-0.2, 0) is 19.9 Å². The molecule has 3 N–H and O–H groups in total. The number of benzene rings is 1. The second-order valence-corrected chi connectivity index (χ2v) is 8.74. The van der Waals surface area contributed by atoms with Crippen molar-refractivity contribution in [2.75, 3.05) is 5.32 Å². The van der Waals surface area contributed by atoms with Crippen LogP contribution < -0.4 is 10.6 Å². The van der Waals surface area contributed by atoms with E-state index in [1.54, 1.807) is 18.2 Å². The predicted octanol–water partition coefficient (Wildman–Crippen LogP) is 1.49. The molecule has 1 aromatic rings. The first-order chi connectivity index (χ1) is 12.7. The van der Waals surface area contributed by atoms with Crippen LogP contribution in [0.3, 0.4) is 0 Å². The summed E-state index contributed by atoms with van der Waals surface area (Å²) in [7, 11) is 0. The Balaban J connectivity index is 1.92. The molecule has 0 saturated carbocycles. The van der Waals surface area contributed by atoms with E-state index in [1.165, 1.54) is 4.90 Å². The molecule has 4 rings (SSSR count). The second kappa shape index (κ2) is 6.04.